The molecular formula is C11H17NO2. The van der Waals surface area contributed by atoms with Crippen molar-refractivity contribution in [2.45, 2.75) is 32.9 Å². The molecule has 0 aliphatic heterocycles. The molecule has 78 valence electrons. The average molecular weight is 195 g/mol. The van der Waals surface area contributed by atoms with Gasteiger partial charge in [-0.3, -0.25) is 0 Å². The van der Waals surface area contributed by atoms with Gasteiger partial charge in [-0.1, -0.05) is 6.07 Å². The number of hydrogen-bond acceptors (Lipinski definition) is 3. The average Bonchev–Trinajstić information content (AvgIpc) is 2.10. The third-order valence-electron chi connectivity index (χ3n) is 2.52. The number of aromatic hydroxyl groups is 1. The topological polar surface area (TPSA) is 66.5 Å². The van der Waals surface area contributed by atoms with Crippen molar-refractivity contribution in [2.75, 3.05) is 0 Å². The van der Waals surface area contributed by atoms with Crippen molar-refractivity contribution in [2.24, 2.45) is 5.73 Å². The molecule has 0 saturated carbocycles. The lowest BCUT2D eigenvalue weighted by molar-refractivity contribution is 0.163. The van der Waals surface area contributed by atoms with Crippen molar-refractivity contribution in [3.05, 3.63) is 28.8 Å². The highest BCUT2D eigenvalue weighted by Gasteiger charge is 2.16. The van der Waals surface area contributed by atoms with Crippen molar-refractivity contribution in [3.8, 4) is 5.75 Å². The Hall–Kier alpha value is -1.06. The molecule has 0 saturated heterocycles. The molecule has 0 bridgehead atoms. The number of aliphatic hydroxyl groups excluding tert-OH is 1. The normalized spacial score (nSPS) is 15.2. The van der Waals surface area contributed by atoms with E-state index in [1.807, 2.05) is 19.9 Å². The van der Waals surface area contributed by atoms with Crippen LogP contribution in [0.1, 0.15) is 29.7 Å². The third-order valence-corrected chi connectivity index (χ3v) is 2.52. The number of hydrogen-bond donors (Lipinski definition) is 3. The van der Waals surface area contributed by atoms with E-state index >= 15 is 0 Å². The smallest absolute Gasteiger partial charge is 0.120 e. The highest BCUT2D eigenvalue weighted by molar-refractivity contribution is 5.42. The fourth-order valence-electron chi connectivity index (χ4n) is 1.35. The molecule has 0 heterocycles. The van der Waals surface area contributed by atoms with Gasteiger partial charge in [-0.15, -0.1) is 0 Å². The molecule has 1 aromatic carbocycles. The minimum Gasteiger partial charge on any atom is -0.508 e. The molecule has 0 aliphatic rings. The summed E-state index contributed by atoms with van der Waals surface area (Å²) in [4.78, 5) is 0. The van der Waals surface area contributed by atoms with E-state index in [4.69, 9.17) is 5.73 Å². The quantitative estimate of drug-likeness (QED) is 0.668. The van der Waals surface area contributed by atoms with Crippen molar-refractivity contribution >= 4 is 0 Å². The fraction of sp³-hybridized carbons (Fsp3) is 0.455. The molecule has 4 N–H and O–H groups in total. The number of phenolic OH excluding ortho intramolecular Hbond substituents is 1. The van der Waals surface area contributed by atoms with Crippen LogP contribution in [0.3, 0.4) is 0 Å². The summed E-state index contributed by atoms with van der Waals surface area (Å²) in [5, 5.41) is 19.0. The van der Waals surface area contributed by atoms with Gasteiger partial charge in [-0.05, 0) is 38.0 Å². The van der Waals surface area contributed by atoms with E-state index in [0.717, 1.165) is 11.1 Å². The fourth-order valence-corrected chi connectivity index (χ4v) is 1.35. The van der Waals surface area contributed by atoms with Crippen LogP contribution in [0.15, 0.2) is 12.1 Å². The van der Waals surface area contributed by atoms with Crippen molar-refractivity contribution in [3.63, 3.8) is 0 Å². The van der Waals surface area contributed by atoms with E-state index < -0.39 is 12.1 Å². The largest absolute Gasteiger partial charge is 0.508 e. The molecule has 0 unspecified atom stereocenters. The Morgan fingerprint density at radius 2 is 1.71 bits per heavy atom. The van der Waals surface area contributed by atoms with Crippen molar-refractivity contribution in [1.82, 2.24) is 0 Å². The van der Waals surface area contributed by atoms with Crippen LogP contribution in [0.4, 0.5) is 0 Å². The maximum absolute atomic E-state index is 9.64. The van der Waals surface area contributed by atoms with Gasteiger partial charge in [0, 0.05) is 5.56 Å². The first kappa shape index (κ1) is 11.0. The summed E-state index contributed by atoms with van der Waals surface area (Å²) in [6, 6.07) is 2.96. The summed E-state index contributed by atoms with van der Waals surface area (Å²) in [6.07, 6.45) is -0.664. The van der Waals surface area contributed by atoms with Gasteiger partial charge in [-0.2, -0.15) is 0 Å². The zero-order chi connectivity index (χ0) is 10.9. The summed E-state index contributed by atoms with van der Waals surface area (Å²) in [6.45, 7) is 5.49. The Labute approximate surface area is 84.2 Å². The lowest BCUT2D eigenvalue weighted by Crippen LogP contribution is -2.23. The highest BCUT2D eigenvalue weighted by Crippen LogP contribution is 2.27. The number of phenols is 1. The molecule has 0 aromatic heterocycles. The zero-order valence-corrected chi connectivity index (χ0v) is 8.78. The van der Waals surface area contributed by atoms with Gasteiger partial charge in [0.1, 0.15) is 5.75 Å². The summed E-state index contributed by atoms with van der Waals surface area (Å²) in [5.74, 6) is 0.154. The minimum atomic E-state index is -0.664. The van der Waals surface area contributed by atoms with E-state index in [1.54, 1.807) is 13.0 Å². The van der Waals surface area contributed by atoms with E-state index in [2.05, 4.69) is 0 Å². The third kappa shape index (κ3) is 2.05. The van der Waals surface area contributed by atoms with Crippen LogP contribution < -0.4 is 5.73 Å². The van der Waals surface area contributed by atoms with Gasteiger partial charge in [0.2, 0.25) is 0 Å². The first-order valence-corrected chi connectivity index (χ1v) is 4.67. The van der Waals surface area contributed by atoms with Crippen LogP contribution in [0, 0.1) is 13.8 Å². The van der Waals surface area contributed by atoms with Crippen molar-refractivity contribution < 1.29 is 10.2 Å². The van der Waals surface area contributed by atoms with Gasteiger partial charge in [0.05, 0.1) is 12.1 Å². The Balaban J connectivity index is 3.15. The predicted octanol–water partition coefficient (Wildman–Crippen LogP) is 1.39. The van der Waals surface area contributed by atoms with Crippen LogP contribution in [-0.4, -0.2) is 16.3 Å². The molecule has 0 aliphatic carbocycles. The molecule has 1 rings (SSSR count). The van der Waals surface area contributed by atoms with Gasteiger partial charge in [0.25, 0.3) is 0 Å². The first-order chi connectivity index (χ1) is 6.43. The zero-order valence-electron chi connectivity index (χ0n) is 8.78. The lowest BCUT2D eigenvalue weighted by Gasteiger charge is -2.17. The molecule has 14 heavy (non-hydrogen) atoms. The maximum atomic E-state index is 9.64. The lowest BCUT2D eigenvalue weighted by atomic mass is 9.97. The Bertz CT molecular complexity index is 334. The van der Waals surface area contributed by atoms with Crippen molar-refractivity contribution in [1.29, 1.82) is 0 Å². The van der Waals surface area contributed by atoms with Crippen LogP contribution >= 0.6 is 0 Å². The van der Waals surface area contributed by atoms with Gasteiger partial charge < -0.3 is 15.9 Å². The predicted molar refractivity (Wildman–Crippen MR) is 56.2 cm³/mol. The molecule has 1 aromatic rings. The van der Waals surface area contributed by atoms with Crippen LogP contribution in [0.2, 0.25) is 0 Å². The van der Waals surface area contributed by atoms with E-state index in [9.17, 15) is 10.2 Å². The number of aliphatic hydroxyl groups is 1. The maximum Gasteiger partial charge on any atom is 0.120 e. The molecule has 0 fully saturated rings. The van der Waals surface area contributed by atoms with Crippen LogP contribution in [0.5, 0.6) is 5.75 Å². The Morgan fingerprint density at radius 1 is 1.21 bits per heavy atom. The number of rotatable bonds is 2. The molecule has 0 radical (unpaired) electrons. The number of aryl methyl sites for hydroxylation is 2. The summed E-state index contributed by atoms with van der Waals surface area (Å²) < 4.78 is 0. The van der Waals surface area contributed by atoms with Crippen LogP contribution in [-0.2, 0) is 0 Å². The van der Waals surface area contributed by atoms with Gasteiger partial charge in [0.15, 0.2) is 0 Å². The molecule has 2 atom stereocenters. The molecule has 3 heteroatoms. The second-order valence-corrected chi connectivity index (χ2v) is 3.76. The van der Waals surface area contributed by atoms with E-state index in [0.29, 0.717) is 5.56 Å². The minimum absolute atomic E-state index is 0.154. The Kier molecular flexibility index (Phi) is 3.13. The molecular weight excluding hydrogens is 178 g/mol. The number of benzene rings is 1. The van der Waals surface area contributed by atoms with Crippen LogP contribution in [0.25, 0.3) is 0 Å². The second kappa shape index (κ2) is 3.98. The molecule has 0 amide bonds. The second-order valence-electron chi connectivity index (χ2n) is 3.76. The summed E-state index contributed by atoms with van der Waals surface area (Å²) in [7, 11) is 0. The summed E-state index contributed by atoms with van der Waals surface area (Å²) in [5.41, 5.74) is 8.43. The molecule has 0 spiro atoms. The number of nitrogens with two attached hydrogens (primary N) is 1. The Morgan fingerprint density at radius 3 is 2.21 bits per heavy atom. The molecule has 3 nitrogen and oxygen atoms in total. The van der Waals surface area contributed by atoms with E-state index in [-0.39, 0.29) is 5.75 Å². The van der Waals surface area contributed by atoms with Gasteiger partial charge >= 0.3 is 0 Å². The van der Waals surface area contributed by atoms with E-state index in [1.165, 1.54) is 0 Å². The highest BCUT2D eigenvalue weighted by atomic mass is 16.3. The summed E-state index contributed by atoms with van der Waals surface area (Å²) >= 11 is 0. The SMILES string of the molecule is Cc1cc(O)c([C@@H](N)[C@@H](C)O)cc1C. The standard InChI is InChI=1S/C11H17NO2/c1-6-4-9(11(12)8(3)13)10(14)5-7(6)2/h4-5,8,11,13-14H,12H2,1-3H3/t8-,11+/m1/s1. The first-order valence-electron chi connectivity index (χ1n) is 4.67. The monoisotopic (exact) mass is 195 g/mol. The van der Waals surface area contributed by atoms with Gasteiger partial charge in [-0.25, -0.2) is 0 Å².